The van der Waals surface area contributed by atoms with E-state index in [1.54, 1.807) is 17.0 Å². The summed E-state index contributed by atoms with van der Waals surface area (Å²) in [5.41, 5.74) is 3.63. The van der Waals surface area contributed by atoms with Crippen LogP contribution in [-0.4, -0.2) is 53.3 Å². The van der Waals surface area contributed by atoms with Gasteiger partial charge in [0.2, 0.25) is 11.8 Å². The number of amides is 3. The minimum absolute atomic E-state index is 0.000860. The Morgan fingerprint density at radius 1 is 1.15 bits per heavy atom. The van der Waals surface area contributed by atoms with E-state index in [0.29, 0.717) is 43.3 Å². The maximum Gasteiger partial charge on any atom is 0.255 e. The largest absolute Gasteiger partial charge is 0.489 e. The normalized spacial score (nSPS) is 23.0. The Morgan fingerprint density at radius 2 is 1.94 bits per heavy atom. The molecular formula is C26H27N3O5. The Bertz CT molecular complexity index is 1180. The van der Waals surface area contributed by atoms with Crippen molar-refractivity contribution in [3.63, 3.8) is 0 Å². The van der Waals surface area contributed by atoms with Crippen LogP contribution >= 0.6 is 0 Å². The average Bonchev–Trinajstić information content (AvgIpc) is 3.19. The van der Waals surface area contributed by atoms with Gasteiger partial charge in [0, 0.05) is 31.3 Å². The van der Waals surface area contributed by atoms with E-state index in [2.05, 4.69) is 11.9 Å². The Hall–Kier alpha value is -3.65. The van der Waals surface area contributed by atoms with Gasteiger partial charge in [0.25, 0.3) is 5.91 Å². The van der Waals surface area contributed by atoms with Crippen LogP contribution in [0.15, 0.2) is 54.7 Å². The van der Waals surface area contributed by atoms with E-state index in [4.69, 9.17) is 10.8 Å². The molecule has 1 N–H and O–H groups in total. The van der Waals surface area contributed by atoms with Crippen molar-refractivity contribution in [2.75, 3.05) is 19.8 Å². The van der Waals surface area contributed by atoms with Crippen LogP contribution in [0.3, 0.4) is 0 Å². The molecule has 8 heteroatoms. The first-order valence-electron chi connectivity index (χ1n) is 11.9. The number of nitrogens with zero attached hydrogens (tertiary/aromatic N) is 2. The van der Waals surface area contributed by atoms with E-state index >= 15 is 0 Å². The van der Waals surface area contributed by atoms with Crippen LogP contribution in [0.2, 0.25) is 0 Å². The van der Waals surface area contributed by atoms with Gasteiger partial charge in [0.1, 0.15) is 25.0 Å². The Balaban J connectivity index is 1.24. The average molecular weight is 463 g/mol. The SMILES string of the molecule is [2H]C1CC(N2Cc3c(OCc4ccc(CN5CCOCC5=O)cc4)cccc3C2=O)C(=O)NC1=C. The summed E-state index contributed by atoms with van der Waals surface area (Å²) >= 11 is 0. The van der Waals surface area contributed by atoms with E-state index in [-0.39, 0.29) is 37.3 Å². The summed E-state index contributed by atoms with van der Waals surface area (Å²) in [6.45, 7) is 6.12. The number of piperidine rings is 1. The van der Waals surface area contributed by atoms with Crippen LogP contribution in [0, 0.1) is 0 Å². The maximum atomic E-state index is 13.1. The smallest absolute Gasteiger partial charge is 0.255 e. The predicted octanol–water partition coefficient (Wildman–Crippen LogP) is 2.37. The second-order valence-corrected chi connectivity index (χ2v) is 8.66. The van der Waals surface area contributed by atoms with E-state index in [1.165, 1.54) is 4.90 Å². The van der Waals surface area contributed by atoms with Crippen LogP contribution in [-0.2, 0) is 34.0 Å². The van der Waals surface area contributed by atoms with Crippen molar-refractivity contribution in [3.8, 4) is 5.75 Å². The molecule has 2 unspecified atom stereocenters. The number of hydrogen-bond donors (Lipinski definition) is 1. The third-order valence-corrected chi connectivity index (χ3v) is 6.38. The number of morpholine rings is 1. The zero-order valence-electron chi connectivity index (χ0n) is 19.8. The van der Waals surface area contributed by atoms with Gasteiger partial charge < -0.3 is 24.6 Å². The number of rotatable bonds is 6. The molecular weight excluding hydrogens is 434 g/mol. The van der Waals surface area contributed by atoms with Gasteiger partial charge in [0.05, 0.1) is 13.2 Å². The Kier molecular flexibility index (Phi) is 5.73. The highest BCUT2D eigenvalue weighted by atomic mass is 16.5. The fraction of sp³-hybridized carbons (Fsp3) is 0.346. The molecule has 5 rings (SSSR count). The highest BCUT2D eigenvalue weighted by molar-refractivity contribution is 6.02. The minimum atomic E-state index is -0.707. The predicted molar refractivity (Wildman–Crippen MR) is 124 cm³/mol. The molecule has 0 bridgehead atoms. The third-order valence-electron chi connectivity index (χ3n) is 6.38. The summed E-state index contributed by atoms with van der Waals surface area (Å²) in [6.07, 6.45) is -0.419. The van der Waals surface area contributed by atoms with Crippen molar-refractivity contribution in [1.29, 1.82) is 0 Å². The monoisotopic (exact) mass is 462 g/mol. The molecule has 0 aliphatic carbocycles. The van der Waals surface area contributed by atoms with Gasteiger partial charge in [0.15, 0.2) is 0 Å². The van der Waals surface area contributed by atoms with Crippen molar-refractivity contribution in [2.45, 2.75) is 38.6 Å². The molecule has 3 aliphatic heterocycles. The molecule has 3 amide bonds. The van der Waals surface area contributed by atoms with Crippen LogP contribution in [0.4, 0.5) is 0 Å². The number of benzene rings is 2. The van der Waals surface area contributed by atoms with Crippen LogP contribution in [0.1, 0.15) is 41.2 Å². The standard InChI is InChI=1S/C26H27N3O5/c1-17-5-10-22(25(31)27-17)29-14-21-20(26(29)32)3-2-4-23(21)34-15-19-8-6-18(7-9-19)13-28-11-12-33-16-24(28)30/h2-4,6-9,22H,1,5,10-16H2,(H,27,31)/i5D. The molecule has 2 aromatic rings. The van der Waals surface area contributed by atoms with E-state index in [9.17, 15) is 14.4 Å². The molecule has 0 radical (unpaired) electrons. The number of allylic oxidation sites excluding steroid dienone is 1. The molecule has 8 nitrogen and oxygen atoms in total. The quantitative estimate of drug-likeness (QED) is 0.712. The van der Waals surface area contributed by atoms with Gasteiger partial charge in [-0.1, -0.05) is 36.9 Å². The lowest BCUT2D eigenvalue weighted by Crippen LogP contribution is -2.49. The van der Waals surface area contributed by atoms with Gasteiger partial charge in [-0.15, -0.1) is 0 Å². The number of nitrogens with one attached hydrogen (secondary N) is 1. The molecule has 2 saturated heterocycles. The van der Waals surface area contributed by atoms with Crippen LogP contribution < -0.4 is 10.1 Å². The van der Waals surface area contributed by atoms with E-state index in [1.807, 2.05) is 30.3 Å². The van der Waals surface area contributed by atoms with E-state index < -0.39 is 12.4 Å². The van der Waals surface area contributed by atoms with Gasteiger partial charge >= 0.3 is 0 Å². The first kappa shape index (κ1) is 20.9. The number of ether oxygens (including phenoxy) is 2. The molecule has 2 aromatic carbocycles. The summed E-state index contributed by atoms with van der Waals surface area (Å²) in [7, 11) is 0. The zero-order valence-corrected chi connectivity index (χ0v) is 18.8. The van der Waals surface area contributed by atoms with Gasteiger partial charge in [-0.25, -0.2) is 0 Å². The molecule has 0 saturated carbocycles. The second-order valence-electron chi connectivity index (χ2n) is 8.66. The van der Waals surface area contributed by atoms with Crippen molar-refractivity contribution < 1.29 is 25.2 Å². The lowest BCUT2D eigenvalue weighted by atomic mass is 10.0. The highest BCUT2D eigenvalue weighted by Crippen LogP contribution is 2.34. The zero-order chi connectivity index (χ0) is 24.5. The molecule has 0 spiro atoms. The third kappa shape index (κ3) is 4.41. The van der Waals surface area contributed by atoms with E-state index in [0.717, 1.165) is 16.7 Å². The summed E-state index contributed by atoms with van der Waals surface area (Å²) in [6, 6.07) is 12.5. The molecule has 3 heterocycles. The lowest BCUT2D eigenvalue weighted by Gasteiger charge is -2.31. The topological polar surface area (TPSA) is 88.2 Å². The molecule has 176 valence electrons. The first-order valence-corrected chi connectivity index (χ1v) is 11.3. The minimum Gasteiger partial charge on any atom is -0.489 e. The number of fused-ring (bicyclic) bond motifs is 1. The van der Waals surface area contributed by atoms with Crippen molar-refractivity contribution >= 4 is 17.7 Å². The number of carbonyl (C=O) groups is 3. The fourth-order valence-corrected chi connectivity index (χ4v) is 4.48. The summed E-state index contributed by atoms with van der Waals surface area (Å²) in [5, 5.41) is 2.62. The van der Waals surface area contributed by atoms with Crippen LogP contribution in [0.5, 0.6) is 5.75 Å². The molecule has 2 atom stereocenters. The maximum absolute atomic E-state index is 13.1. The molecule has 0 aromatic heterocycles. The van der Waals surface area contributed by atoms with Crippen molar-refractivity contribution in [2.24, 2.45) is 0 Å². The second kappa shape index (κ2) is 9.30. The first-order chi connectivity index (χ1) is 16.9. The van der Waals surface area contributed by atoms with Crippen molar-refractivity contribution in [1.82, 2.24) is 15.1 Å². The fourth-order valence-electron chi connectivity index (χ4n) is 4.48. The van der Waals surface area contributed by atoms with Crippen molar-refractivity contribution in [3.05, 3.63) is 77.0 Å². The van der Waals surface area contributed by atoms with Crippen LogP contribution in [0.25, 0.3) is 0 Å². The van der Waals surface area contributed by atoms with Gasteiger partial charge in [-0.05, 0) is 36.1 Å². The lowest BCUT2D eigenvalue weighted by molar-refractivity contribution is -0.143. The Morgan fingerprint density at radius 3 is 2.74 bits per heavy atom. The van der Waals surface area contributed by atoms with Gasteiger partial charge in [-0.2, -0.15) is 0 Å². The highest BCUT2D eigenvalue weighted by Gasteiger charge is 2.39. The number of hydrogen-bond acceptors (Lipinski definition) is 5. The molecule has 3 aliphatic rings. The summed E-state index contributed by atoms with van der Waals surface area (Å²) < 4.78 is 19.3. The summed E-state index contributed by atoms with van der Waals surface area (Å²) in [5.74, 6) is 0.0665. The summed E-state index contributed by atoms with van der Waals surface area (Å²) in [4.78, 5) is 40.8. The molecule has 34 heavy (non-hydrogen) atoms. The molecule has 2 fully saturated rings. The number of carbonyl (C=O) groups excluding carboxylic acids is 3. The Labute approximate surface area is 199 Å². The van der Waals surface area contributed by atoms with Gasteiger partial charge in [-0.3, -0.25) is 14.4 Å².